The number of carbonyl (C=O) groups excluding carboxylic acids is 1. The molecule has 0 atom stereocenters. The zero-order chi connectivity index (χ0) is 19.9. The van der Waals surface area contributed by atoms with E-state index < -0.39 is 5.97 Å². The predicted molar refractivity (Wildman–Crippen MR) is 103 cm³/mol. The number of amides is 1. The standard InChI is InChI=1S/C18H17N5O4S/c1-2-27-15-9-5-13(6-10-15)19-16(24)11-28-18-20-21-22-23(18)14-7-3-12(4-8-14)17(25)26/h3-10H,2,11H2,1H3,(H,19,24)(H,25,26). The van der Waals surface area contributed by atoms with Gasteiger partial charge < -0.3 is 15.2 Å². The Hall–Kier alpha value is -3.40. The molecule has 0 radical (unpaired) electrons. The van der Waals surface area contributed by atoms with Crippen molar-refractivity contribution in [1.29, 1.82) is 0 Å². The van der Waals surface area contributed by atoms with Crippen molar-refractivity contribution >= 4 is 29.3 Å². The number of nitrogens with one attached hydrogen (secondary N) is 1. The number of carbonyl (C=O) groups is 2. The highest BCUT2D eigenvalue weighted by molar-refractivity contribution is 7.99. The van der Waals surface area contributed by atoms with Gasteiger partial charge in [-0.25, -0.2) is 4.79 Å². The van der Waals surface area contributed by atoms with Crippen LogP contribution < -0.4 is 10.1 Å². The summed E-state index contributed by atoms with van der Waals surface area (Å²) in [5, 5.41) is 23.6. The van der Waals surface area contributed by atoms with E-state index in [-0.39, 0.29) is 17.2 Å². The number of hydrogen-bond acceptors (Lipinski definition) is 7. The van der Waals surface area contributed by atoms with Crippen LogP contribution in [0.2, 0.25) is 0 Å². The molecular weight excluding hydrogens is 382 g/mol. The molecular formula is C18H17N5O4S. The van der Waals surface area contributed by atoms with Gasteiger partial charge in [-0.2, -0.15) is 4.68 Å². The Morgan fingerprint density at radius 2 is 1.86 bits per heavy atom. The molecule has 28 heavy (non-hydrogen) atoms. The lowest BCUT2D eigenvalue weighted by molar-refractivity contribution is -0.113. The Bertz CT molecular complexity index is 957. The first kappa shape index (κ1) is 19.4. The van der Waals surface area contributed by atoms with Gasteiger partial charge in [-0.1, -0.05) is 11.8 Å². The first-order valence-electron chi connectivity index (χ1n) is 8.34. The predicted octanol–water partition coefficient (Wildman–Crippen LogP) is 2.49. The topological polar surface area (TPSA) is 119 Å². The minimum atomic E-state index is -1.01. The minimum Gasteiger partial charge on any atom is -0.494 e. The number of carboxylic acids is 1. The summed E-state index contributed by atoms with van der Waals surface area (Å²) in [6.07, 6.45) is 0. The fourth-order valence-electron chi connectivity index (χ4n) is 2.30. The van der Waals surface area contributed by atoms with E-state index in [1.165, 1.54) is 28.6 Å². The molecule has 3 rings (SSSR count). The average Bonchev–Trinajstić information content (AvgIpc) is 3.17. The van der Waals surface area contributed by atoms with E-state index in [0.29, 0.717) is 23.1 Å². The molecule has 0 unspecified atom stereocenters. The van der Waals surface area contributed by atoms with Crippen LogP contribution in [0.3, 0.4) is 0 Å². The maximum absolute atomic E-state index is 12.2. The van der Waals surface area contributed by atoms with Gasteiger partial charge in [-0.05, 0) is 65.9 Å². The number of aromatic carboxylic acids is 1. The Balaban J connectivity index is 1.60. The van der Waals surface area contributed by atoms with E-state index >= 15 is 0 Å². The summed E-state index contributed by atoms with van der Waals surface area (Å²) in [5.74, 6) is -0.363. The van der Waals surface area contributed by atoms with E-state index in [4.69, 9.17) is 9.84 Å². The highest BCUT2D eigenvalue weighted by atomic mass is 32.2. The molecule has 1 heterocycles. The molecule has 0 fully saturated rings. The van der Waals surface area contributed by atoms with Gasteiger partial charge in [-0.3, -0.25) is 4.79 Å². The normalized spacial score (nSPS) is 10.5. The van der Waals surface area contributed by atoms with Crippen LogP contribution in [0.1, 0.15) is 17.3 Å². The Labute approximate surface area is 164 Å². The van der Waals surface area contributed by atoms with Crippen molar-refractivity contribution in [2.75, 3.05) is 17.7 Å². The Kier molecular flexibility index (Phi) is 6.22. The van der Waals surface area contributed by atoms with E-state index in [9.17, 15) is 9.59 Å². The van der Waals surface area contributed by atoms with Crippen molar-refractivity contribution < 1.29 is 19.4 Å². The van der Waals surface area contributed by atoms with Crippen LogP contribution in [-0.2, 0) is 4.79 Å². The van der Waals surface area contributed by atoms with Crippen LogP contribution >= 0.6 is 11.8 Å². The first-order chi connectivity index (χ1) is 13.6. The fraction of sp³-hybridized carbons (Fsp3) is 0.167. The maximum atomic E-state index is 12.2. The van der Waals surface area contributed by atoms with E-state index in [1.54, 1.807) is 36.4 Å². The van der Waals surface area contributed by atoms with Crippen LogP contribution in [0.15, 0.2) is 53.7 Å². The van der Waals surface area contributed by atoms with Gasteiger partial charge >= 0.3 is 5.97 Å². The fourth-order valence-corrected chi connectivity index (χ4v) is 3.00. The molecule has 2 aromatic carbocycles. The molecule has 0 spiro atoms. The zero-order valence-electron chi connectivity index (χ0n) is 14.9. The molecule has 1 aromatic heterocycles. The number of tetrazole rings is 1. The van der Waals surface area contributed by atoms with Crippen LogP contribution in [-0.4, -0.2) is 49.6 Å². The number of thioether (sulfide) groups is 1. The molecule has 10 heteroatoms. The summed E-state index contributed by atoms with van der Waals surface area (Å²) < 4.78 is 6.81. The molecule has 1 amide bonds. The monoisotopic (exact) mass is 399 g/mol. The summed E-state index contributed by atoms with van der Waals surface area (Å²) in [7, 11) is 0. The second kappa shape index (κ2) is 9.00. The molecule has 0 saturated heterocycles. The van der Waals surface area contributed by atoms with Gasteiger partial charge in [0.15, 0.2) is 0 Å². The van der Waals surface area contributed by atoms with Crippen LogP contribution in [0.5, 0.6) is 5.75 Å². The number of carboxylic acid groups (broad SMARTS) is 1. The number of nitrogens with zero attached hydrogens (tertiary/aromatic N) is 4. The van der Waals surface area contributed by atoms with Crippen molar-refractivity contribution in [2.24, 2.45) is 0 Å². The number of benzene rings is 2. The molecule has 0 aliphatic carbocycles. The summed E-state index contributed by atoms with van der Waals surface area (Å²) >= 11 is 1.17. The maximum Gasteiger partial charge on any atom is 0.335 e. The second-order valence-corrected chi connectivity index (χ2v) is 6.46. The number of aromatic nitrogens is 4. The molecule has 0 saturated carbocycles. The summed E-state index contributed by atoms with van der Waals surface area (Å²) in [5.41, 5.74) is 1.43. The van der Waals surface area contributed by atoms with Crippen LogP contribution in [0.25, 0.3) is 5.69 Å². The van der Waals surface area contributed by atoms with Crippen molar-refractivity contribution in [1.82, 2.24) is 20.2 Å². The Morgan fingerprint density at radius 3 is 2.50 bits per heavy atom. The molecule has 0 aliphatic rings. The number of ether oxygens (including phenoxy) is 1. The van der Waals surface area contributed by atoms with Crippen LogP contribution in [0.4, 0.5) is 5.69 Å². The molecule has 144 valence electrons. The second-order valence-electron chi connectivity index (χ2n) is 5.52. The quantitative estimate of drug-likeness (QED) is 0.555. The average molecular weight is 399 g/mol. The van der Waals surface area contributed by atoms with Gasteiger partial charge in [0.05, 0.1) is 23.6 Å². The van der Waals surface area contributed by atoms with Gasteiger partial charge in [0.1, 0.15) is 5.75 Å². The Morgan fingerprint density at radius 1 is 1.14 bits per heavy atom. The minimum absolute atomic E-state index is 0.112. The third-order valence-corrected chi connectivity index (χ3v) is 4.50. The van der Waals surface area contributed by atoms with E-state index in [0.717, 1.165) is 5.75 Å². The lowest BCUT2D eigenvalue weighted by Crippen LogP contribution is -2.14. The van der Waals surface area contributed by atoms with Gasteiger partial charge in [-0.15, -0.1) is 5.10 Å². The lowest BCUT2D eigenvalue weighted by atomic mass is 10.2. The molecule has 9 nitrogen and oxygen atoms in total. The zero-order valence-corrected chi connectivity index (χ0v) is 15.7. The highest BCUT2D eigenvalue weighted by Crippen LogP contribution is 2.20. The number of hydrogen-bond donors (Lipinski definition) is 2. The number of rotatable bonds is 8. The van der Waals surface area contributed by atoms with Gasteiger partial charge in [0, 0.05) is 5.69 Å². The molecule has 0 bridgehead atoms. The van der Waals surface area contributed by atoms with E-state index in [2.05, 4.69) is 20.8 Å². The highest BCUT2D eigenvalue weighted by Gasteiger charge is 2.12. The smallest absolute Gasteiger partial charge is 0.335 e. The molecule has 0 aliphatic heterocycles. The lowest BCUT2D eigenvalue weighted by Gasteiger charge is -2.07. The van der Waals surface area contributed by atoms with Gasteiger partial charge in [0.2, 0.25) is 11.1 Å². The summed E-state index contributed by atoms with van der Waals surface area (Å²) in [6, 6.07) is 13.2. The van der Waals surface area contributed by atoms with Gasteiger partial charge in [0.25, 0.3) is 0 Å². The molecule has 2 N–H and O–H groups in total. The van der Waals surface area contributed by atoms with Crippen molar-refractivity contribution in [3.8, 4) is 11.4 Å². The first-order valence-corrected chi connectivity index (χ1v) is 9.33. The SMILES string of the molecule is CCOc1ccc(NC(=O)CSc2nnnn2-c2ccc(C(=O)O)cc2)cc1. The molecule has 3 aromatic rings. The largest absolute Gasteiger partial charge is 0.494 e. The van der Waals surface area contributed by atoms with Crippen LogP contribution in [0, 0.1) is 0 Å². The third kappa shape index (κ3) is 4.86. The van der Waals surface area contributed by atoms with Crippen molar-refractivity contribution in [3.05, 3.63) is 54.1 Å². The number of anilines is 1. The van der Waals surface area contributed by atoms with Crippen molar-refractivity contribution in [2.45, 2.75) is 12.1 Å². The van der Waals surface area contributed by atoms with Crippen molar-refractivity contribution in [3.63, 3.8) is 0 Å². The third-order valence-electron chi connectivity index (χ3n) is 3.58. The summed E-state index contributed by atoms with van der Waals surface area (Å²) in [4.78, 5) is 23.1. The van der Waals surface area contributed by atoms with E-state index in [1.807, 2.05) is 6.92 Å². The summed E-state index contributed by atoms with van der Waals surface area (Å²) in [6.45, 7) is 2.48.